The minimum atomic E-state index is -1.13. The SMILES string of the molecule is CCCC(C)C(O)(C#N)C(C)CCC. The van der Waals surface area contributed by atoms with Crippen molar-refractivity contribution in [3.05, 3.63) is 0 Å². The summed E-state index contributed by atoms with van der Waals surface area (Å²) in [6.07, 6.45) is 3.87. The van der Waals surface area contributed by atoms with Crippen LogP contribution in [0.15, 0.2) is 0 Å². The first-order chi connectivity index (χ1) is 6.52. The lowest BCUT2D eigenvalue weighted by Gasteiger charge is -2.33. The van der Waals surface area contributed by atoms with Gasteiger partial charge in [0.25, 0.3) is 0 Å². The Hall–Kier alpha value is -0.550. The maximum absolute atomic E-state index is 10.3. The summed E-state index contributed by atoms with van der Waals surface area (Å²) in [5, 5.41) is 19.3. The Labute approximate surface area is 87.9 Å². The third-order valence-corrected chi connectivity index (χ3v) is 3.13. The summed E-state index contributed by atoms with van der Waals surface area (Å²) in [7, 11) is 0. The highest BCUT2D eigenvalue weighted by Crippen LogP contribution is 2.31. The van der Waals surface area contributed by atoms with Gasteiger partial charge in [-0.1, -0.05) is 40.5 Å². The quantitative estimate of drug-likeness (QED) is 0.665. The van der Waals surface area contributed by atoms with Crippen molar-refractivity contribution >= 4 is 0 Å². The van der Waals surface area contributed by atoms with Crippen LogP contribution in [0.4, 0.5) is 0 Å². The average Bonchev–Trinajstić information content (AvgIpc) is 2.17. The summed E-state index contributed by atoms with van der Waals surface area (Å²) in [5.41, 5.74) is -1.13. The van der Waals surface area contributed by atoms with Crippen LogP contribution in [0.1, 0.15) is 53.4 Å². The van der Waals surface area contributed by atoms with Crippen LogP contribution in [0.2, 0.25) is 0 Å². The summed E-state index contributed by atoms with van der Waals surface area (Å²) in [6, 6.07) is 2.10. The number of nitrogens with zero attached hydrogens (tertiary/aromatic N) is 1. The molecule has 0 heterocycles. The second-order valence-electron chi connectivity index (χ2n) is 4.32. The van der Waals surface area contributed by atoms with Crippen LogP contribution in [0.3, 0.4) is 0 Å². The largest absolute Gasteiger partial charge is 0.375 e. The molecule has 0 aliphatic rings. The minimum absolute atomic E-state index is 0.0686. The zero-order valence-electron chi connectivity index (χ0n) is 9.88. The molecule has 0 bridgehead atoms. The molecule has 0 fully saturated rings. The van der Waals surface area contributed by atoms with Crippen molar-refractivity contribution in [3.8, 4) is 6.07 Å². The van der Waals surface area contributed by atoms with Crippen molar-refractivity contribution in [2.24, 2.45) is 11.8 Å². The molecule has 0 rings (SSSR count). The van der Waals surface area contributed by atoms with E-state index in [9.17, 15) is 5.11 Å². The fraction of sp³-hybridized carbons (Fsp3) is 0.917. The van der Waals surface area contributed by atoms with Crippen molar-refractivity contribution < 1.29 is 5.11 Å². The molecule has 0 saturated heterocycles. The van der Waals surface area contributed by atoms with Crippen molar-refractivity contribution in [3.63, 3.8) is 0 Å². The summed E-state index contributed by atoms with van der Waals surface area (Å²) < 4.78 is 0. The molecule has 0 amide bonds. The fourth-order valence-electron chi connectivity index (χ4n) is 2.01. The maximum atomic E-state index is 10.3. The van der Waals surface area contributed by atoms with E-state index >= 15 is 0 Å². The third-order valence-electron chi connectivity index (χ3n) is 3.13. The Bertz CT molecular complexity index is 183. The number of aliphatic hydroxyl groups is 1. The van der Waals surface area contributed by atoms with Crippen LogP contribution in [-0.2, 0) is 0 Å². The van der Waals surface area contributed by atoms with E-state index in [-0.39, 0.29) is 11.8 Å². The zero-order chi connectivity index (χ0) is 11.2. The summed E-state index contributed by atoms with van der Waals surface area (Å²) in [5.74, 6) is 0.137. The van der Waals surface area contributed by atoms with Crippen LogP contribution in [0.5, 0.6) is 0 Å². The van der Waals surface area contributed by atoms with E-state index in [0.29, 0.717) is 0 Å². The van der Waals surface area contributed by atoms with Crippen molar-refractivity contribution in [2.75, 3.05) is 0 Å². The van der Waals surface area contributed by atoms with Gasteiger partial charge in [-0.05, 0) is 24.7 Å². The molecule has 2 atom stereocenters. The van der Waals surface area contributed by atoms with Crippen molar-refractivity contribution in [1.82, 2.24) is 0 Å². The lowest BCUT2D eigenvalue weighted by atomic mass is 9.76. The van der Waals surface area contributed by atoms with Crippen LogP contribution in [0.25, 0.3) is 0 Å². The van der Waals surface area contributed by atoms with Crippen LogP contribution < -0.4 is 0 Å². The molecular weight excluding hydrogens is 174 g/mol. The van der Waals surface area contributed by atoms with Crippen molar-refractivity contribution in [2.45, 2.75) is 59.0 Å². The Morgan fingerprint density at radius 2 is 1.50 bits per heavy atom. The Balaban J connectivity index is 4.53. The summed E-state index contributed by atoms with van der Waals surface area (Å²) >= 11 is 0. The normalized spacial score (nSPS) is 19.4. The van der Waals surface area contributed by atoms with E-state index in [1.165, 1.54) is 0 Å². The molecule has 2 unspecified atom stereocenters. The average molecular weight is 197 g/mol. The molecule has 14 heavy (non-hydrogen) atoms. The zero-order valence-corrected chi connectivity index (χ0v) is 9.88. The number of rotatable bonds is 6. The number of nitriles is 1. The summed E-state index contributed by atoms with van der Waals surface area (Å²) in [4.78, 5) is 0. The second kappa shape index (κ2) is 6.03. The van der Waals surface area contributed by atoms with Gasteiger partial charge in [0.1, 0.15) is 0 Å². The smallest absolute Gasteiger partial charge is 0.156 e. The van der Waals surface area contributed by atoms with Gasteiger partial charge in [0, 0.05) is 0 Å². The predicted molar refractivity (Wildman–Crippen MR) is 58.7 cm³/mol. The van der Waals surface area contributed by atoms with Gasteiger partial charge in [-0.25, -0.2) is 0 Å². The Morgan fingerprint density at radius 1 is 1.14 bits per heavy atom. The molecule has 1 N–H and O–H groups in total. The van der Waals surface area contributed by atoms with E-state index in [4.69, 9.17) is 5.26 Å². The molecule has 0 radical (unpaired) electrons. The van der Waals surface area contributed by atoms with Crippen LogP contribution >= 0.6 is 0 Å². The Kier molecular flexibility index (Phi) is 5.79. The predicted octanol–water partition coefficient (Wildman–Crippen LogP) is 3.11. The van der Waals surface area contributed by atoms with Gasteiger partial charge in [0.15, 0.2) is 5.60 Å². The first-order valence-electron chi connectivity index (χ1n) is 5.66. The maximum Gasteiger partial charge on any atom is 0.156 e. The van der Waals surface area contributed by atoms with Gasteiger partial charge in [0.05, 0.1) is 6.07 Å². The molecule has 0 aromatic heterocycles. The molecule has 82 valence electrons. The standard InChI is InChI=1S/C12H23NO/c1-5-7-10(3)12(14,9-13)11(4)8-6-2/h10-11,14H,5-8H2,1-4H3. The van der Waals surface area contributed by atoms with E-state index < -0.39 is 5.60 Å². The van der Waals surface area contributed by atoms with Crippen molar-refractivity contribution in [1.29, 1.82) is 5.26 Å². The Morgan fingerprint density at radius 3 is 1.71 bits per heavy atom. The lowest BCUT2D eigenvalue weighted by Crippen LogP contribution is -2.41. The van der Waals surface area contributed by atoms with Gasteiger partial charge in [-0.2, -0.15) is 5.26 Å². The minimum Gasteiger partial charge on any atom is -0.375 e. The molecule has 0 spiro atoms. The van der Waals surface area contributed by atoms with Gasteiger partial charge < -0.3 is 5.11 Å². The first-order valence-corrected chi connectivity index (χ1v) is 5.66. The summed E-state index contributed by atoms with van der Waals surface area (Å²) in [6.45, 7) is 8.11. The van der Waals surface area contributed by atoms with Gasteiger partial charge >= 0.3 is 0 Å². The molecule has 0 aromatic carbocycles. The monoisotopic (exact) mass is 197 g/mol. The first kappa shape index (κ1) is 13.4. The second-order valence-corrected chi connectivity index (χ2v) is 4.32. The van der Waals surface area contributed by atoms with Crippen LogP contribution in [-0.4, -0.2) is 10.7 Å². The third kappa shape index (κ3) is 2.99. The molecule has 0 saturated carbocycles. The number of hydrogen-bond acceptors (Lipinski definition) is 2. The van der Waals surface area contributed by atoms with Gasteiger partial charge in [-0.15, -0.1) is 0 Å². The van der Waals surface area contributed by atoms with E-state index in [1.807, 2.05) is 13.8 Å². The van der Waals surface area contributed by atoms with Gasteiger partial charge in [0.2, 0.25) is 0 Å². The van der Waals surface area contributed by atoms with E-state index in [2.05, 4.69) is 19.9 Å². The molecule has 2 nitrogen and oxygen atoms in total. The molecule has 0 aliphatic heterocycles. The topological polar surface area (TPSA) is 44.0 Å². The fourth-order valence-corrected chi connectivity index (χ4v) is 2.01. The van der Waals surface area contributed by atoms with Gasteiger partial charge in [-0.3, -0.25) is 0 Å². The lowest BCUT2D eigenvalue weighted by molar-refractivity contribution is -0.0128. The van der Waals surface area contributed by atoms with Crippen LogP contribution in [0, 0.1) is 23.2 Å². The molecular formula is C12H23NO. The highest BCUT2D eigenvalue weighted by Gasteiger charge is 2.38. The van der Waals surface area contributed by atoms with E-state index in [1.54, 1.807) is 0 Å². The van der Waals surface area contributed by atoms with E-state index in [0.717, 1.165) is 25.7 Å². The molecule has 2 heteroatoms. The highest BCUT2D eigenvalue weighted by atomic mass is 16.3. The molecule has 0 aliphatic carbocycles. The highest BCUT2D eigenvalue weighted by molar-refractivity contribution is 5.06. The number of hydrogen-bond donors (Lipinski definition) is 1. The molecule has 0 aromatic rings.